The van der Waals surface area contributed by atoms with Crippen LogP contribution in [-0.4, -0.2) is 4.98 Å². The quantitative estimate of drug-likeness (QED) is 0.876. The summed E-state index contributed by atoms with van der Waals surface area (Å²) in [7, 11) is 0. The van der Waals surface area contributed by atoms with Crippen LogP contribution in [0, 0.1) is 18.6 Å². The molecule has 84 valence electrons. The molecule has 1 unspecified atom stereocenters. The minimum atomic E-state index is -0.888. The Morgan fingerprint density at radius 1 is 1.31 bits per heavy atom. The molecule has 0 radical (unpaired) electrons. The highest BCUT2D eigenvalue weighted by Gasteiger charge is 2.14. The number of aromatic nitrogens is 1. The first-order valence-corrected chi connectivity index (χ1v) is 5.52. The summed E-state index contributed by atoms with van der Waals surface area (Å²) < 4.78 is 25.8. The molecule has 2 aromatic rings. The number of rotatable bonds is 2. The third kappa shape index (κ3) is 2.10. The first kappa shape index (κ1) is 11.2. The summed E-state index contributed by atoms with van der Waals surface area (Å²) in [6.45, 7) is 1.92. The predicted molar refractivity (Wildman–Crippen MR) is 59.2 cm³/mol. The molecule has 0 amide bonds. The summed E-state index contributed by atoms with van der Waals surface area (Å²) in [5, 5.41) is 0.698. The average molecular weight is 240 g/mol. The smallest absolute Gasteiger partial charge is 0.159 e. The maximum absolute atomic E-state index is 13.0. The van der Waals surface area contributed by atoms with Gasteiger partial charge in [0.05, 0.1) is 6.04 Å². The summed E-state index contributed by atoms with van der Waals surface area (Å²) in [6, 6.07) is 3.15. The Bertz CT molecular complexity index is 510. The molecule has 2 N–H and O–H groups in total. The third-order valence-electron chi connectivity index (χ3n) is 2.21. The van der Waals surface area contributed by atoms with Gasteiger partial charge >= 0.3 is 0 Å². The second-order valence-electron chi connectivity index (χ2n) is 3.46. The van der Waals surface area contributed by atoms with Crippen molar-refractivity contribution >= 4 is 11.3 Å². The first-order chi connectivity index (χ1) is 7.58. The zero-order valence-electron chi connectivity index (χ0n) is 8.58. The number of nitrogens with zero attached hydrogens (tertiary/aromatic N) is 1. The lowest BCUT2D eigenvalue weighted by Gasteiger charge is -2.08. The van der Waals surface area contributed by atoms with Crippen LogP contribution in [-0.2, 0) is 0 Å². The van der Waals surface area contributed by atoms with Gasteiger partial charge < -0.3 is 5.73 Å². The van der Waals surface area contributed by atoms with Crippen LogP contribution in [0.3, 0.4) is 0 Å². The van der Waals surface area contributed by atoms with Crippen molar-refractivity contribution in [3.63, 3.8) is 0 Å². The van der Waals surface area contributed by atoms with Crippen LogP contribution in [0.4, 0.5) is 8.78 Å². The van der Waals surface area contributed by atoms with Gasteiger partial charge in [0.25, 0.3) is 0 Å². The normalized spacial score (nSPS) is 12.8. The fourth-order valence-electron chi connectivity index (χ4n) is 1.36. The molecule has 0 bridgehead atoms. The van der Waals surface area contributed by atoms with E-state index in [2.05, 4.69) is 4.98 Å². The maximum Gasteiger partial charge on any atom is 0.159 e. The molecule has 2 rings (SSSR count). The molecule has 0 saturated heterocycles. The fourth-order valence-corrected chi connectivity index (χ4v) is 2.17. The highest BCUT2D eigenvalue weighted by molar-refractivity contribution is 7.11. The molecule has 0 aliphatic rings. The maximum atomic E-state index is 13.0. The van der Waals surface area contributed by atoms with Gasteiger partial charge in [0.15, 0.2) is 11.6 Å². The standard InChI is InChI=1S/C11H10F2N2S/c1-6-5-15-11(16-6)10(14)7-2-3-8(12)9(13)4-7/h2-5,10H,14H2,1H3. The Labute approximate surface area is 95.7 Å². The molecule has 16 heavy (non-hydrogen) atoms. The van der Waals surface area contributed by atoms with E-state index in [0.717, 1.165) is 17.0 Å². The Hall–Kier alpha value is -1.33. The first-order valence-electron chi connectivity index (χ1n) is 4.71. The zero-order valence-corrected chi connectivity index (χ0v) is 9.39. The number of aryl methyl sites for hydroxylation is 1. The molecule has 1 aromatic heterocycles. The van der Waals surface area contributed by atoms with Crippen molar-refractivity contribution < 1.29 is 8.78 Å². The number of hydrogen-bond acceptors (Lipinski definition) is 3. The van der Waals surface area contributed by atoms with Gasteiger partial charge in [0, 0.05) is 11.1 Å². The van der Waals surface area contributed by atoms with E-state index in [-0.39, 0.29) is 0 Å². The van der Waals surface area contributed by atoms with Crippen LogP contribution in [0.5, 0.6) is 0 Å². The Morgan fingerprint density at radius 2 is 2.06 bits per heavy atom. The summed E-state index contributed by atoms with van der Waals surface area (Å²) in [6.07, 6.45) is 1.71. The summed E-state index contributed by atoms with van der Waals surface area (Å²) in [5.41, 5.74) is 6.43. The highest BCUT2D eigenvalue weighted by atomic mass is 32.1. The minimum Gasteiger partial charge on any atom is -0.318 e. The topological polar surface area (TPSA) is 38.9 Å². The summed E-state index contributed by atoms with van der Waals surface area (Å²) in [4.78, 5) is 5.16. The van der Waals surface area contributed by atoms with E-state index in [1.165, 1.54) is 17.4 Å². The Balaban J connectivity index is 2.33. The molecule has 0 fully saturated rings. The SMILES string of the molecule is Cc1cnc(C(N)c2ccc(F)c(F)c2)s1. The van der Waals surface area contributed by atoms with Crippen molar-refractivity contribution in [1.29, 1.82) is 0 Å². The molecule has 0 aliphatic heterocycles. The van der Waals surface area contributed by atoms with Gasteiger partial charge in [0.2, 0.25) is 0 Å². The molecule has 1 aromatic carbocycles. The molecule has 2 nitrogen and oxygen atoms in total. The molecular formula is C11H10F2N2S. The van der Waals surface area contributed by atoms with E-state index in [1.807, 2.05) is 6.92 Å². The van der Waals surface area contributed by atoms with Crippen LogP contribution < -0.4 is 5.73 Å². The number of halogens is 2. The lowest BCUT2D eigenvalue weighted by atomic mass is 10.1. The van der Waals surface area contributed by atoms with Gasteiger partial charge in [-0.15, -0.1) is 11.3 Å². The van der Waals surface area contributed by atoms with Crippen molar-refractivity contribution in [3.8, 4) is 0 Å². The molecule has 0 saturated carbocycles. The third-order valence-corrected chi connectivity index (χ3v) is 3.20. The number of nitrogens with two attached hydrogens (primary N) is 1. The van der Waals surface area contributed by atoms with Crippen molar-refractivity contribution in [3.05, 3.63) is 51.5 Å². The monoisotopic (exact) mass is 240 g/mol. The highest BCUT2D eigenvalue weighted by Crippen LogP contribution is 2.24. The van der Waals surface area contributed by atoms with E-state index in [0.29, 0.717) is 10.6 Å². The van der Waals surface area contributed by atoms with Crippen molar-refractivity contribution in [2.45, 2.75) is 13.0 Å². The van der Waals surface area contributed by atoms with Gasteiger partial charge in [-0.2, -0.15) is 0 Å². The second kappa shape index (κ2) is 4.27. The zero-order chi connectivity index (χ0) is 11.7. The van der Waals surface area contributed by atoms with Crippen LogP contribution in [0.1, 0.15) is 21.5 Å². The number of thiazole rings is 1. The molecule has 1 atom stereocenters. The molecule has 1 heterocycles. The molecular weight excluding hydrogens is 230 g/mol. The fraction of sp³-hybridized carbons (Fsp3) is 0.182. The van der Waals surface area contributed by atoms with E-state index >= 15 is 0 Å². The second-order valence-corrected chi connectivity index (χ2v) is 4.73. The summed E-state index contributed by atoms with van der Waals surface area (Å²) in [5.74, 6) is -1.76. The van der Waals surface area contributed by atoms with Crippen LogP contribution in [0.2, 0.25) is 0 Å². The van der Waals surface area contributed by atoms with E-state index in [9.17, 15) is 8.78 Å². The van der Waals surface area contributed by atoms with Gasteiger partial charge in [-0.25, -0.2) is 13.8 Å². The van der Waals surface area contributed by atoms with E-state index < -0.39 is 17.7 Å². The van der Waals surface area contributed by atoms with Gasteiger partial charge in [-0.3, -0.25) is 0 Å². The molecule has 0 spiro atoms. The predicted octanol–water partition coefficient (Wildman–Crippen LogP) is 2.78. The van der Waals surface area contributed by atoms with E-state index in [4.69, 9.17) is 5.73 Å². The van der Waals surface area contributed by atoms with Crippen LogP contribution >= 0.6 is 11.3 Å². The van der Waals surface area contributed by atoms with Gasteiger partial charge in [-0.1, -0.05) is 6.07 Å². The Morgan fingerprint density at radius 3 is 2.62 bits per heavy atom. The van der Waals surface area contributed by atoms with Crippen LogP contribution in [0.25, 0.3) is 0 Å². The van der Waals surface area contributed by atoms with Crippen molar-refractivity contribution in [2.24, 2.45) is 5.73 Å². The number of benzene rings is 1. The molecule has 0 aliphatic carbocycles. The van der Waals surface area contributed by atoms with Crippen molar-refractivity contribution in [2.75, 3.05) is 0 Å². The average Bonchev–Trinajstić information content (AvgIpc) is 2.68. The summed E-state index contributed by atoms with van der Waals surface area (Å²) >= 11 is 1.45. The van der Waals surface area contributed by atoms with Gasteiger partial charge in [-0.05, 0) is 24.6 Å². The largest absolute Gasteiger partial charge is 0.318 e. The lowest BCUT2D eigenvalue weighted by molar-refractivity contribution is 0.506. The lowest BCUT2D eigenvalue weighted by Crippen LogP contribution is -2.11. The van der Waals surface area contributed by atoms with Crippen molar-refractivity contribution in [1.82, 2.24) is 4.98 Å². The van der Waals surface area contributed by atoms with E-state index in [1.54, 1.807) is 6.20 Å². The van der Waals surface area contributed by atoms with Crippen LogP contribution in [0.15, 0.2) is 24.4 Å². The molecule has 5 heteroatoms. The van der Waals surface area contributed by atoms with Gasteiger partial charge in [0.1, 0.15) is 5.01 Å². The minimum absolute atomic E-state index is 0.506. The Kier molecular flexibility index (Phi) is 2.98. The number of hydrogen-bond donors (Lipinski definition) is 1.